The second kappa shape index (κ2) is 2.92. The molecule has 0 radical (unpaired) electrons. The minimum atomic E-state index is -1.01. The molecule has 0 bridgehead atoms. The van der Waals surface area contributed by atoms with Gasteiger partial charge in [0.25, 0.3) is 6.04 Å². The molecule has 0 saturated carbocycles. The van der Waals surface area contributed by atoms with Crippen LogP contribution in [0.2, 0.25) is 0 Å². The van der Waals surface area contributed by atoms with Crippen molar-refractivity contribution < 1.29 is 9.72 Å². The fourth-order valence-corrected chi connectivity index (χ4v) is 2.43. The Morgan fingerprint density at radius 3 is 3.08 bits per heavy atom. The van der Waals surface area contributed by atoms with Crippen molar-refractivity contribution in [2.24, 2.45) is 0 Å². The summed E-state index contributed by atoms with van der Waals surface area (Å²) in [4.78, 5) is 22.5. The SMILES string of the molecule is O=C1c2ccsc2CCC1[N+](=O)[O-]. The number of ketones is 1. The molecule has 0 aromatic carbocycles. The molecule has 0 fully saturated rings. The highest BCUT2D eigenvalue weighted by molar-refractivity contribution is 7.10. The highest BCUT2D eigenvalue weighted by Crippen LogP contribution is 2.27. The second-order valence-electron chi connectivity index (χ2n) is 2.96. The van der Waals surface area contributed by atoms with Gasteiger partial charge < -0.3 is 0 Å². The minimum Gasteiger partial charge on any atom is -0.286 e. The molecule has 1 aliphatic rings. The van der Waals surface area contributed by atoms with E-state index in [9.17, 15) is 14.9 Å². The first-order valence-electron chi connectivity index (χ1n) is 3.94. The summed E-state index contributed by atoms with van der Waals surface area (Å²) in [7, 11) is 0. The third kappa shape index (κ3) is 1.25. The summed E-state index contributed by atoms with van der Waals surface area (Å²) >= 11 is 1.50. The highest BCUT2D eigenvalue weighted by atomic mass is 32.1. The molecule has 0 N–H and O–H groups in total. The Hall–Kier alpha value is -1.23. The number of hydrogen-bond acceptors (Lipinski definition) is 4. The molecular weight excluding hydrogens is 190 g/mol. The van der Waals surface area contributed by atoms with Crippen molar-refractivity contribution in [2.75, 3.05) is 0 Å². The maximum atomic E-state index is 11.5. The molecule has 5 heteroatoms. The zero-order valence-electron chi connectivity index (χ0n) is 6.73. The topological polar surface area (TPSA) is 60.2 Å². The Balaban J connectivity index is 2.38. The summed E-state index contributed by atoms with van der Waals surface area (Å²) in [6.45, 7) is 0. The quantitative estimate of drug-likeness (QED) is 0.506. The van der Waals surface area contributed by atoms with Gasteiger partial charge in [-0.05, 0) is 17.9 Å². The van der Waals surface area contributed by atoms with Crippen molar-refractivity contribution in [1.82, 2.24) is 0 Å². The third-order valence-corrected chi connectivity index (χ3v) is 3.19. The monoisotopic (exact) mass is 197 g/mol. The van der Waals surface area contributed by atoms with E-state index in [0.717, 1.165) is 4.88 Å². The molecule has 13 heavy (non-hydrogen) atoms. The van der Waals surface area contributed by atoms with Crippen LogP contribution in [-0.2, 0) is 6.42 Å². The zero-order valence-corrected chi connectivity index (χ0v) is 7.54. The number of nitro groups is 1. The van der Waals surface area contributed by atoms with E-state index in [0.29, 0.717) is 18.4 Å². The van der Waals surface area contributed by atoms with Crippen molar-refractivity contribution in [2.45, 2.75) is 18.9 Å². The van der Waals surface area contributed by atoms with Crippen LogP contribution in [0.25, 0.3) is 0 Å². The summed E-state index contributed by atoms with van der Waals surface area (Å²) in [5, 5.41) is 12.3. The van der Waals surface area contributed by atoms with E-state index in [2.05, 4.69) is 0 Å². The molecule has 0 saturated heterocycles. The number of Topliss-reactive ketones (excluding diaryl/α,β-unsaturated/α-hetero) is 1. The minimum absolute atomic E-state index is 0.326. The van der Waals surface area contributed by atoms with Crippen LogP contribution >= 0.6 is 11.3 Å². The highest BCUT2D eigenvalue weighted by Gasteiger charge is 2.36. The van der Waals surface area contributed by atoms with Crippen LogP contribution in [0.3, 0.4) is 0 Å². The van der Waals surface area contributed by atoms with Gasteiger partial charge in [-0.15, -0.1) is 11.3 Å². The van der Waals surface area contributed by atoms with Crippen LogP contribution in [0.5, 0.6) is 0 Å². The fourth-order valence-electron chi connectivity index (χ4n) is 1.53. The Kier molecular flexibility index (Phi) is 1.88. The van der Waals surface area contributed by atoms with Gasteiger partial charge in [0, 0.05) is 21.8 Å². The molecule has 1 aromatic heterocycles. The standard InChI is InChI=1S/C8H7NO3S/c10-8-5-3-4-13-7(5)2-1-6(8)9(11)12/h3-4,6H,1-2H2. The number of nitrogens with zero attached hydrogens (tertiary/aromatic N) is 1. The van der Waals surface area contributed by atoms with E-state index in [1.807, 2.05) is 5.38 Å². The molecule has 4 nitrogen and oxygen atoms in total. The third-order valence-electron chi connectivity index (χ3n) is 2.21. The predicted molar refractivity (Wildman–Crippen MR) is 47.8 cm³/mol. The lowest BCUT2D eigenvalue weighted by molar-refractivity contribution is -0.506. The van der Waals surface area contributed by atoms with E-state index in [-0.39, 0.29) is 5.78 Å². The van der Waals surface area contributed by atoms with Crippen molar-refractivity contribution in [1.29, 1.82) is 0 Å². The number of carbonyl (C=O) groups is 1. The molecule has 1 unspecified atom stereocenters. The fraction of sp³-hybridized carbons (Fsp3) is 0.375. The number of thiophene rings is 1. The molecule has 0 aliphatic heterocycles. The number of hydrogen-bond donors (Lipinski definition) is 0. The number of carbonyl (C=O) groups excluding carboxylic acids is 1. The predicted octanol–water partition coefficient (Wildman–Crippen LogP) is 1.52. The lowest BCUT2D eigenvalue weighted by atomic mass is 9.94. The number of fused-ring (bicyclic) bond motifs is 1. The zero-order chi connectivity index (χ0) is 9.42. The van der Waals surface area contributed by atoms with Crippen LogP contribution in [-0.4, -0.2) is 16.7 Å². The summed E-state index contributed by atoms with van der Waals surface area (Å²) in [6.07, 6.45) is 1.00. The van der Waals surface area contributed by atoms with Crippen molar-refractivity contribution >= 4 is 17.1 Å². The van der Waals surface area contributed by atoms with E-state index >= 15 is 0 Å². The maximum absolute atomic E-state index is 11.5. The summed E-state index contributed by atoms with van der Waals surface area (Å²) in [5.41, 5.74) is 0.554. The van der Waals surface area contributed by atoms with E-state index in [4.69, 9.17) is 0 Å². The molecular formula is C8H7NO3S. The number of aryl methyl sites for hydroxylation is 1. The average molecular weight is 197 g/mol. The molecule has 68 valence electrons. The molecule has 0 spiro atoms. The largest absolute Gasteiger partial charge is 0.286 e. The molecule has 1 atom stereocenters. The van der Waals surface area contributed by atoms with Crippen LogP contribution in [0, 0.1) is 10.1 Å². The van der Waals surface area contributed by atoms with Crippen LogP contribution in [0.4, 0.5) is 0 Å². The molecule has 1 heterocycles. The number of rotatable bonds is 1. The average Bonchev–Trinajstić information content (AvgIpc) is 2.52. The smallest absolute Gasteiger partial charge is 0.275 e. The van der Waals surface area contributed by atoms with E-state index in [1.54, 1.807) is 6.07 Å². The summed E-state index contributed by atoms with van der Waals surface area (Å²) < 4.78 is 0. The van der Waals surface area contributed by atoms with Crippen molar-refractivity contribution in [3.63, 3.8) is 0 Å². The van der Waals surface area contributed by atoms with Gasteiger partial charge in [-0.2, -0.15) is 0 Å². The van der Waals surface area contributed by atoms with E-state index < -0.39 is 11.0 Å². The maximum Gasteiger partial charge on any atom is 0.275 e. The molecule has 0 amide bonds. The van der Waals surface area contributed by atoms with Crippen LogP contribution in [0.1, 0.15) is 21.7 Å². The first kappa shape index (κ1) is 8.37. The van der Waals surface area contributed by atoms with Gasteiger partial charge >= 0.3 is 0 Å². The summed E-state index contributed by atoms with van der Waals surface area (Å²) in [5.74, 6) is -0.326. The van der Waals surface area contributed by atoms with Gasteiger partial charge in [-0.3, -0.25) is 14.9 Å². The van der Waals surface area contributed by atoms with Crippen molar-refractivity contribution in [3.8, 4) is 0 Å². The van der Waals surface area contributed by atoms with Gasteiger partial charge in [-0.1, -0.05) is 0 Å². The van der Waals surface area contributed by atoms with Crippen LogP contribution < -0.4 is 0 Å². The normalized spacial score (nSPS) is 21.2. The Morgan fingerprint density at radius 1 is 1.62 bits per heavy atom. The second-order valence-corrected chi connectivity index (χ2v) is 3.96. The Labute approximate surface area is 78.3 Å². The van der Waals surface area contributed by atoms with Gasteiger partial charge in [0.1, 0.15) is 0 Å². The van der Waals surface area contributed by atoms with Gasteiger partial charge in [0.2, 0.25) is 5.78 Å². The first-order chi connectivity index (χ1) is 6.20. The Morgan fingerprint density at radius 2 is 2.38 bits per heavy atom. The van der Waals surface area contributed by atoms with Gasteiger partial charge in [-0.25, -0.2) is 0 Å². The molecule has 1 aromatic rings. The van der Waals surface area contributed by atoms with Crippen molar-refractivity contribution in [3.05, 3.63) is 32.0 Å². The molecule has 2 rings (SSSR count). The lowest BCUT2D eigenvalue weighted by Gasteiger charge is -2.13. The summed E-state index contributed by atoms with van der Waals surface area (Å²) in [6, 6.07) is 0.667. The first-order valence-corrected chi connectivity index (χ1v) is 4.82. The molecule has 1 aliphatic carbocycles. The van der Waals surface area contributed by atoms with Gasteiger partial charge in [0.05, 0.1) is 0 Å². The van der Waals surface area contributed by atoms with Gasteiger partial charge in [0.15, 0.2) is 0 Å². The Bertz CT molecular complexity index is 371. The van der Waals surface area contributed by atoms with Crippen LogP contribution in [0.15, 0.2) is 11.4 Å². The van der Waals surface area contributed by atoms with E-state index in [1.165, 1.54) is 11.3 Å². The lowest BCUT2D eigenvalue weighted by Crippen LogP contribution is -2.33.